The minimum atomic E-state index is 0.814. The van der Waals surface area contributed by atoms with Crippen LogP contribution in [0.1, 0.15) is 25.3 Å². The van der Waals surface area contributed by atoms with Gasteiger partial charge in [-0.05, 0) is 50.6 Å². The zero-order valence-corrected chi connectivity index (χ0v) is 9.75. The van der Waals surface area contributed by atoms with Crippen LogP contribution >= 0.6 is 0 Å². The van der Waals surface area contributed by atoms with E-state index in [4.69, 9.17) is 4.74 Å². The molecule has 0 aromatic heterocycles. The first-order valence-electron chi connectivity index (χ1n) is 5.73. The molecule has 0 aliphatic rings. The quantitative estimate of drug-likeness (QED) is 0.694. The molecule has 0 fully saturated rings. The summed E-state index contributed by atoms with van der Waals surface area (Å²) in [6.45, 7) is 7.17. The number of unbranched alkanes of at least 4 members (excludes halogenated alkanes) is 1. The number of aryl methyl sites for hydroxylation is 1. The van der Waals surface area contributed by atoms with E-state index < -0.39 is 0 Å². The Bertz CT molecular complexity index is 273. The van der Waals surface area contributed by atoms with Crippen molar-refractivity contribution >= 4 is 0 Å². The molecule has 2 nitrogen and oxygen atoms in total. The first kappa shape index (κ1) is 12.1. The molecule has 0 atom stereocenters. The Morgan fingerprint density at radius 1 is 1.27 bits per heavy atom. The zero-order valence-electron chi connectivity index (χ0n) is 9.75. The van der Waals surface area contributed by atoms with Crippen molar-refractivity contribution < 1.29 is 4.74 Å². The van der Waals surface area contributed by atoms with Gasteiger partial charge in [-0.2, -0.15) is 0 Å². The third kappa shape index (κ3) is 5.43. The van der Waals surface area contributed by atoms with Gasteiger partial charge in [0.25, 0.3) is 0 Å². The van der Waals surface area contributed by atoms with Crippen molar-refractivity contribution in [3.63, 3.8) is 0 Å². The van der Waals surface area contributed by atoms with Crippen molar-refractivity contribution in [2.45, 2.75) is 26.7 Å². The second-order valence-electron chi connectivity index (χ2n) is 3.73. The van der Waals surface area contributed by atoms with Crippen LogP contribution in [-0.2, 0) is 0 Å². The molecule has 0 unspecified atom stereocenters. The van der Waals surface area contributed by atoms with E-state index in [0.29, 0.717) is 0 Å². The Kier molecular flexibility index (Phi) is 5.86. The van der Waals surface area contributed by atoms with Gasteiger partial charge in [-0.15, -0.1) is 0 Å². The highest BCUT2D eigenvalue weighted by molar-refractivity contribution is 5.27. The lowest BCUT2D eigenvalue weighted by molar-refractivity contribution is 0.306. The Morgan fingerprint density at radius 2 is 2.13 bits per heavy atom. The highest BCUT2D eigenvalue weighted by atomic mass is 16.5. The molecule has 0 bridgehead atoms. The average Bonchev–Trinajstić information content (AvgIpc) is 2.23. The Labute approximate surface area is 92.6 Å². The molecule has 1 aromatic rings. The van der Waals surface area contributed by atoms with Crippen LogP contribution in [0.25, 0.3) is 0 Å². The van der Waals surface area contributed by atoms with E-state index in [1.165, 1.54) is 12.0 Å². The maximum Gasteiger partial charge on any atom is 0.119 e. The van der Waals surface area contributed by atoms with Crippen molar-refractivity contribution in [3.05, 3.63) is 29.8 Å². The van der Waals surface area contributed by atoms with Crippen LogP contribution < -0.4 is 10.1 Å². The summed E-state index contributed by atoms with van der Waals surface area (Å²) in [5.41, 5.74) is 1.25. The van der Waals surface area contributed by atoms with Crippen molar-refractivity contribution in [3.8, 4) is 5.75 Å². The monoisotopic (exact) mass is 207 g/mol. The molecule has 84 valence electrons. The average molecular weight is 207 g/mol. The van der Waals surface area contributed by atoms with Crippen LogP contribution in [0, 0.1) is 6.92 Å². The van der Waals surface area contributed by atoms with Gasteiger partial charge in [0.1, 0.15) is 5.75 Å². The Morgan fingerprint density at radius 3 is 2.87 bits per heavy atom. The van der Waals surface area contributed by atoms with E-state index in [9.17, 15) is 0 Å². The second-order valence-corrected chi connectivity index (χ2v) is 3.73. The molecular weight excluding hydrogens is 186 g/mol. The molecule has 0 heterocycles. The molecule has 1 aromatic carbocycles. The van der Waals surface area contributed by atoms with Gasteiger partial charge in [0, 0.05) is 0 Å². The number of ether oxygens (including phenoxy) is 1. The first-order chi connectivity index (χ1) is 7.33. The number of rotatable bonds is 7. The van der Waals surface area contributed by atoms with Crippen molar-refractivity contribution in [1.82, 2.24) is 5.32 Å². The SMILES string of the molecule is CCNCCCCOc1cccc(C)c1. The van der Waals surface area contributed by atoms with E-state index in [2.05, 4.69) is 31.3 Å². The lowest BCUT2D eigenvalue weighted by atomic mass is 10.2. The summed E-state index contributed by atoms with van der Waals surface area (Å²) >= 11 is 0. The van der Waals surface area contributed by atoms with Crippen LogP contribution in [0.3, 0.4) is 0 Å². The number of nitrogens with one attached hydrogen (secondary N) is 1. The van der Waals surface area contributed by atoms with E-state index in [1.54, 1.807) is 0 Å². The van der Waals surface area contributed by atoms with E-state index in [0.717, 1.165) is 31.9 Å². The molecule has 0 aliphatic heterocycles. The van der Waals surface area contributed by atoms with E-state index >= 15 is 0 Å². The Hall–Kier alpha value is -1.02. The van der Waals surface area contributed by atoms with Crippen LogP contribution in [-0.4, -0.2) is 19.7 Å². The number of hydrogen-bond donors (Lipinski definition) is 1. The largest absolute Gasteiger partial charge is 0.494 e. The van der Waals surface area contributed by atoms with E-state index in [-0.39, 0.29) is 0 Å². The topological polar surface area (TPSA) is 21.3 Å². The Balaban J connectivity index is 2.10. The van der Waals surface area contributed by atoms with Gasteiger partial charge >= 0.3 is 0 Å². The highest BCUT2D eigenvalue weighted by Gasteiger charge is 1.93. The van der Waals surface area contributed by atoms with Gasteiger partial charge in [-0.3, -0.25) is 0 Å². The summed E-state index contributed by atoms with van der Waals surface area (Å²) in [5.74, 6) is 0.985. The lowest BCUT2D eigenvalue weighted by Crippen LogP contribution is -2.14. The molecule has 0 aliphatic carbocycles. The minimum Gasteiger partial charge on any atom is -0.494 e. The van der Waals surface area contributed by atoms with Gasteiger partial charge in [-0.1, -0.05) is 19.1 Å². The molecule has 1 rings (SSSR count). The fraction of sp³-hybridized carbons (Fsp3) is 0.538. The minimum absolute atomic E-state index is 0.814. The summed E-state index contributed by atoms with van der Waals surface area (Å²) in [6, 6.07) is 8.20. The van der Waals surface area contributed by atoms with Crippen molar-refractivity contribution in [2.75, 3.05) is 19.7 Å². The second kappa shape index (κ2) is 7.30. The molecule has 15 heavy (non-hydrogen) atoms. The van der Waals surface area contributed by atoms with Crippen molar-refractivity contribution in [2.24, 2.45) is 0 Å². The third-order valence-corrected chi connectivity index (χ3v) is 2.26. The summed E-state index contributed by atoms with van der Waals surface area (Å²) in [4.78, 5) is 0. The molecule has 0 amide bonds. The molecular formula is C13H21NO. The highest BCUT2D eigenvalue weighted by Crippen LogP contribution is 2.12. The summed E-state index contributed by atoms with van der Waals surface area (Å²) in [7, 11) is 0. The van der Waals surface area contributed by atoms with E-state index in [1.807, 2.05) is 12.1 Å². The third-order valence-electron chi connectivity index (χ3n) is 2.26. The van der Waals surface area contributed by atoms with Gasteiger partial charge in [0.2, 0.25) is 0 Å². The first-order valence-corrected chi connectivity index (χ1v) is 5.73. The molecule has 0 radical (unpaired) electrons. The molecule has 0 spiro atoms. The smallest absolute Gasteiger partial charge is 0.119 e. The van der Waals surface area contributed by atoms with Crippen LogP contribution in [0.4, 0.5) is 0 Å². The molecule has 1 N–H and O–H groups in total. The van der Waals surface area contributed by atoms with Gasteiger partial charge in [0.05, 0.1) is 6.61 Å². The summed E-state index contributed by atoms with van der Waals surface area (Å²) < 4.78 is 5.64. The number of benzene rings is 1. The molecule has 0 saturated carbocycles. The number of hydrogen-bond acceptors (Lipinski definition) is 2. The fourth-order valence-corrected chi connectivity index (χ4v) is 1.42. The summed E-state index contributed by atoms with van der Waals surface area (Å²) in [6.07, 6.45) is 2.29. The maximum absolute atomic E-state index is 5.64. The zero-order chi connectivity index (χ0) is 10.9. The molecule has 2 heteroatoms. The fourth-order valence-electron chi connectivity index (χ4n) is 1.42. The van der Waals surface area contributed by atoms with Crippen LogP contribution in [0.5, 0.6) is 5.75 Å². The van der Waals surface area contributed by atoms with Crippen LogP contribution in [0.2, 0.25) is 0 Å². The van der Waals surface area contributed by atoms with Crippen LogP contribution in [0.15, 0.2) is 24.3 Å². The van der Waals surface area contributed by atoms with Crippen molar-refractivity contribution in [1.29, 1.82) is 0 Å². The maximum atomic E-state index is 5.64. The van der Waals surface area contributed by atoms with Gasteiger partial charge in [0.15, 0.2) is 0 Å². The van der Waals surface area contributed by atoms with Gasteiger partial charge < -0.3 is 10.1 Å². The lowest BCUT2D eigenvalue weighted by Gasteiger charge is -2.06. The predicted octanol–water partition coefficient (Wildman–Crippen LogP) is 2.76. The standard InChI is InChI=1S/C13H21NO/c1-3-14-9-4-5-10-15-13-8-6-7-12(2)11-13/h6-8,11,14H,3-5,9-10H2,1-2H3. The predicted molar refractivity (Wildman–Crippen MR) is 64.5 cm³/mol. The summed E-state index contributed by atoms with van der Waals surface area (Å²) in [5, 5.41) is 3.30. The normalized spacial score (nSPS) is 10.3. The van der Waals surface area contributed by atoms with Gasteiger partial charge in [-0.25, -0.2) is 0 Å². The molecule has 0 saturated heterocycles.